The second-order valence-electron chi connectivity index (χ2n) is 8.98. The van der Waals surface area contributed by atoms with Gasteiger partial charge in [0.15, 0.2) is 5.65 Å². The van der Waals surface area contributed by atoms with E-state index in [1.807, 2.05) is 81.0 Å². The summed E-state index contributed by atoms with van der Waals surface area (Å²) in [5.74, 6) is 0. The van der Waals surface area contributed by atoms with Crippen LogP contribution in [0.25, 0.3) is 33.2 Å². The summed E-state index contributed by atoms with van der Waals surface area (Å²) >= 11 is 0. The van der Waals surface area contributed by atoms with E-state index in [1.54, 1.807) is 26.2 Å². The monoisotopic (exact) mass is 475 g/mol. The van der Waals surface area contributed by atoms with Crippen molar-refractivity contribution < 1.29 is 0 Å². The van der Waals surface area contributed by atoms with Crippen LogP contribution in [0.4, 0.5) is 5.69 Å². The van der Waals surface area contributed by atoms with Crippen molar-refractivity contribution in [3.05, 3.63) is 107 Å². The molecule has 0 radical (unpaired) electrons. The molecule has 4 aromatic heterocycles. The predicted molar refractivity (Wildman–Crippen MR) is 142 cm³/mol. The van der Waals surface area contributed by atoms with Crippen LogP contribution in [0.1, 0.15) is 24.4 Å². The minimum atomic E-state index is -0.201. The number of fused-ring (bicyclic) bond motifs is 2. The van der Waals surface area contributed by atoms with Crippen molar-refractivity contribution in [2.24, 2.45) is 7.05 Å². The number of rotatable bonds is 5. The van der Waals surface area contributed by atoms with Gasteiger partial charge in [-0.05, 0) is 49.1 Å². The van der Waals surface area contributed by atoms with Gasteiger partial charge in [0, 0.05) is 30.2 Å². The van der Waals surface area contributed by atoms with E-state index in [4.69, 9.17) is 0 Å². The third-order valence-electron chi connectivity index (χ3n) is 6.40. The van der Waals surface area contributed by atoms with Gasteiger partial charge in [-0.3, -0.25) is 14.0 Å². The molecule has 36 heavy (non-hydrogen) atoms. The van der Waals surface area contributed by atoms with Crippen molar-refractivity contribution in [1.29, 1.82) is 0 Å². The Labute approximate surface area is 207 Å². The summed E-state index contributed by atoms with van der Waals surface area (Å²) in [5.41, 5.74) is 5.85. The highest BCUT2D eigenvalue weighted by Gasteiger charge is 2.20. The Balaban J connectivity index is 1.56. The van der Waals surface area contributed by atoms with Gasteiger partial charge in [-0.15, -0.1) is 0 Å². The van der Waals surface area contributed by atoms with E-state index in [-0.39, 0.29) is 11.6 Å². The largest absolute Gasteiger partial charge is 0.374 e. The highest BCUT2D eigenvalue weighted by Crippen LogP contribution is 2.30. The molecule has 0 spiro atoms. The number of aromatic nitrogens is 6. The molecule has 0 aliphatic rings. The molecule has 2 aromatic carbocycles. The van der Waals surface area contributed by atoms with Crippen LogP contribution in [0.2, 0.25) is 0 Å². The molecular formula is C28H25N7O. The molecule has 0 fully saturated rings. The number of aryl methyl sites for hydroxylation is 2. The molecule has 1 atom stereocenters. The molecule has 4 heterocycles. The third-order valence-corrected chi connectivity index (χ3v) is 6.40. The fraction of sp³-hybridized carbons (Fsp3) is 0.143. The van der Waals surface area contributed by atoms with Crippen LogP contribution < -0.4 is 10.9 Å². The number of hydrogen-bond donors (Lipinski definition) is 1. The van der Waals surface area contributed by atoms with Crippen molar-refractivity contribution in [2.45, 2.75) is 19.9 Å². The van der Waals surface area contributed by atoms with Crippen LogP contribution in [0.3, 0.4) is 0 Å². The van der Waals surface area contributed by atoms with E-state index in [0.717, 1.165) is 44.9 Å². The van der Waals surface area contributed by atoms with Gasteiger partial charge in [0.05, 0.1) is 41.4 Å². The molecule has 6 rings (SSSR count). The second kappa shape index (κ2) is 8.49. The van der Waals surface area contributed by atoms with Crippen molar-refractivity contribution in [3.63, 3.8) is 0 Å². The molecule has 0 amide bonds. The molecule has 8 heteroatoms. The fourth-order valence-electron chi connectivity index (χ4n) is 4.78. The van der Waals surface area contributed by atoms with Gasteiger partial charge in [0.25, 0.3) is 5.56 Å². The van der Waals surface area contributed by atoms with Gasteiger partial charge in [-0.2, -0.15) is 10.2 Å². The Morgan fingerprint density at radius 2 is 1.81 bits per heavy atom. The maximum Gasteiger partial charge on any atom is 0.263 e. The van der Waals surface area contributed by atoms with E-state index >= 15 is 0 Å². The Morgan fingerprint density at radius 3 is 2.58 bits per heavy atom. The van der Waals surface area contributed by atoms with E-state index in [1.165, 1.54) is 0 Å². The van der Waals surface area contributed by atoms with Crippen molar-refractivity contribution >= 4 is 22.1 Å². The lowest BCUT2D eigenvalue weighted by Crippen LogP contribution is -2.26. The Kier molecular flexibility index (Phi) is 5.14. The Bertz CT molecular complexity index is 1780. The molecule has 0 saturated carbocycles. The molecule has 8 nitrogen and oxygen atoms in total. The van der Waals surface area contributed by atoms with Gasteiger partial charge in [-0.1, -0.05) is 36.4 Å². The molecule has 0 bridgehead atoms. The van der Waals surface area contributed by atoms with E-state index in [2.05, 4.69) is 33.5 Å². The standard InChI is InChI=1S/C28H25N7O/c1-18-16-34-27(31-18)24(12-13-29-34)32-19(2)25-14-20-8-7-11-23(21-15-30-33(3)17-21)26(20)28(36)35(25)22-9-5-4-6-10-22/h4-17,19,32H,1-3H3/t19-/m0/s1. The van der Waals surface area contributed by atoms with Crippen molar-refractivity contribution in [2.75, 3.05) is 5.32 Å². The molecule has 0 unspecified atom stereocenters. The number of nitrogens with one attached hydrogen (secondary N) is 1. The maximum absolute atomic E-state index is 14.2. The zero-order valence-corrected chi connectivity index (χ0v) is 20.3. The topological polar surface area (TPSA) is 82.0 Å². The number of benzene rings is 2. The van der Waals surface area contributed by atoms with E-state index in [0.29, 0.717) is 5.39 Å². The average Bonchev–Trinajstić information content (AvgIpc) is 3.49. The second-order valence-corrected chi connectivity index (χ2v) is 8.98. The molecule has 0 saturated heterocycles. The van der Waals surface area contributed by atoms with Gasteiger partial charge < -0.3 is 5.32 Å². The Morgan fingerprint density at radius 1 is 0.972 bits per heavy atom. The first-order valence-electron chi connectivity index (χ1n) is 11.8. The van der Waals surface area contributed by atoms with E-state index in [9.17, 15) is 4.79 Å². The van der Waals surface area contributed by atoms with Crippen LogP contribution in [-0.4, -0.2) is 28.9 Å². The minimum Gasteiger partial charge on any atom is -0.374 e. The summed E-state index contributed by atoms with van der Waals surface area (Å²) in [4.78, 5) is 18.8. The Hall–Kier alpha value is -4.72. The summed E-state index contributed by atoms with van der Waals surface area (Å²) in [5, 5.41) is 13.8. The number of pyridine rings is 1. The van der Waals surface area contributed by atoms with Gasteiger partial charge in [0.2, 0.25) is 0 Å². The fourth-order valence-corrected chi connectivity index (χ4v) is 4.78. The summed E-state index contributed by atoms with van der Waals surface area (Å²) in [6, 6.07) is 19.5. The lowest BCUT2D eigenvalue weighted by Gasteiger charge is -2.22. The van der Waals surface area contributed by atoms with Gasteiger partial charge >= 0.3 is 0 Å². The SMILES string of the molecule is Cc1cn2nccc(N[C@@H](C)c3cc4cccc(-c5cnn(C)c5)c4c(=O)n3-c3ccccc3)c2n1. The maximum atomic E-state index is 14.2. The zero-order chi connectivity index (χ0) is 24.8. The highest BCUT2D eigenvalue weighted by molar-refractivity contribution is 5.96. The molecule has 178 valence electrons. The quantitative estimate of drug-likeness (QED) is 0.383. The first-order chi connectivity index (χ1) is 17.5. The van der Waals surface area contributed by atoms with Crippen molar-refractivity contribution in [3.8, 4) is 16.8 Å². The lowest BCUT2D eigenvalue weighted by molar-refractivity contribution is 0.768. The summed E-state index contributed by atoms with van der Waals surface area (Å²) in [7, 11) is 1.87. The summed E-state index contributed by atoms with van der Waals surface area (Å²) in [6.07, 6.45) is 7.36. The first kappa shape index (κ1) is 21.8. The van der Waals surface area contributed by atoms with Crippen LogP contribution in [0.5, 0.6) is 0 Å². The summed E-state index contributed by atoms with van der Waals surface area (Å²) < 4.78 is 5.31. The van der Waals surface area contributed by atoms with Gasteiger partial charge in [0.1, 0.15) is 0 Å². The average molecular weight is 476 g/mol. The molecule has 0 aliphatic heterocycles. The highest BCUT2D eigenvalue weighted by atomic mass is 16.1. The minimum absolute atomic E-state index is 0.0710. The van der Waals surface area contributed by atoms with Crippen LogP contribution >= 0.6 is 0 Å². The number of para-hydroxylation sites is 1. The number of hydrogen-bond acceptors (Lipinski definition) is 5. The lowest BCUT2D eigenvalue weighted by atomic mass is 9.99. The number of imidazole rings is 1. The smallest absolute Gasteiger partial charge is 0.263 e. The summed E-state index contributed by atoms with van der Waals surface area (Å²) in [6.45, 7) is 4.00. The number of anilines is 1. The van der Waals surface area contributed by atoms with Crippen LogP contribution in [0, 0.1) is 6.92 Å². The predicted octanol–water partition coefficient (Wildman–Crippen LogP) is 4.92. The molecule has 1 N–H and O–H groups in total. The number of nitrogens with zero attached hydrogens (tertiary/aromatic N) is 6. The normalized spacial score (nSPS) is 12.3. The third kappa shape index (κ3) is 3.63. The van der Waals surface area contributed by atoms with Crippen molar-refractivity contribution in [1.82, 2.24) is 28.9 Å². The van der Waals surface area contributed by atoms with E-state index < -0.39 is 0 Å². The first-order valence-corrected chi connectivity index (χ1v) is 11.8. The van der Waals surface area contributed by atoms with Crippen LogP contribution in [-0.2, 0) is 7.05 Å². The van der Waals surface area contributed by atoms with Crippen LogP contribution in [0.15, 0.2) is 90.2 Å². The zero-order valence-electron chi connectivity index (χ0n) is 20.3. The molecule has 0 aliphatic carbocycles. The molecular weight excluding hydrogens is 450 g/mol. The van der Waals surface area contributed by atoms with Gasteiger partial charge in [-0.25, -0.2) is 9.50 Å². The molecule has 6 aromatic rings.